The van der Waals surface area contributed by atoms with Crippen molar-refractivity contribution in [1.82, 2.24) is 20.3 Å². The van der Waals surface area contributed by atoms with Crippen molar-refractivity contribution >= 4 is 0 Å². The van der Waals surface area contributed by atoms with Gasteiger partial charge in [0.2, 0.25) is 0 Å². The molecule has 4 nitrogen and oxygen atoms in total. The summed E-state index contributed by atoms with van der Waals surface area (Å²) < 4.78 is 0. The van der Waals surface area contributed by atoms with Crippen LogP contribution in [-0.2, 0) is 0 Å². The number of aromatic nitrogens is 3. The maximum Gasteiger partial charge on any atom is 0.0802 e. The molecular weight excluding hydrogens is 212 g/mol. The van der Waals surface area contributed by atoms with Crippen LogP contribution in [0.3, 0.4) is 0 Å². The summed E-state index contributed by atoms with van der Waals surface area (Å²) in [4.78, 5) is 12.6. The quantitative estimate of drug-likeness (QED) is 0.850. The third kappa shape index (κ3) is 3.07. The van der Waals surface area contributed by atoms with E-state index in [1.807, 2.05) is 12.3 Å². The highest BCUT2D eigenvalue weighted by Crippen LogP contribution is 2.18. The van der Waals surface area contributed by atoms with Crippen molar-refractivity contribution in [2.75, 3.05) is 6.54 Å². The van der Waals surface area contributed by atoms with Crippen molar-refractivity contribution in [2.24, 2.45) is 0 Å². The van der Waals surface area contributed by atoms with Gasteiger partial charge in [0.05, 0.1) is 17.9 Å². The van der Waals surface area contributed by atoms with E-state index in [1.54, 1.807) is 24.8 Å². The van der Waals surface area contributed by atoms with Crippen molar-refractivity contribution in [3.8, 4) is 0 Å². The summed E-state index contributed by atoms with van der Waals surface area (Å²) in [5, 5.41) is 3.46. The Hall–Kier alpha value is -1.81. The Balaban J connectivity index is 2.26. The first-order chi connectivity index (χ1) is 8.42. The first-order valence-corrected chi connectivity index (χ1v) is 5.81. The highest BCUT2D eigenvalue weighted by Gasteiger charge is 2.14. The summed E-state index contributed by atoms with van der Waals surface area (Å²) in [6.45, 7) is 3.08. The van der Waals surface area contributed by atoms with Gasteiger partial charge in [0.1, 0.15) is 0 Å². The van der Waals surface area contributed by atoms with E-state index >= 15 is 0 Å². The summed E-state index contributed by atoms with van der Waals surface area (Å²) in [6.07, 6.45) is 9.91. The molecule has 88 valence electrons. The van der Waals surface area contributed by atoms with Crippen molar-refractivity contribution in [2.45, 2.75) is 19.4 Å². The minimum Gasteiger partial charge on any atom is -0.305 e. The molecule has 17 heavy (non-hydrogen) atoms. The lowest BCUT2D eigenvalue weighted by Crippen LogP contribution is -2.24. The normalized spacial score (nSPS) is 12.3. The fourth-order valence-electron chi connectivity index (χ4n) is 1.69. The van der Waals surface area contributed by atoms with Gasteiger partial charge in [0, 0.05) is 24.8 Å². The Bertz CT molecular complexity index is 390. The monoisotopic (exact) mass is 228 g/mol. The van der Waals surface area contributed by atoms with Crippen LogP contribution >= 0.6 is 0 Å². The van der Waals surface area contributed by atoms with E-state index in [0.29, 0.717) is 0 Å². The van der Waals surface area contributed by atoms with Gasteiger partial charge in [-0.15, -0.1) is 0 Å². The van der Waals surface area contributed by atoms with Gasteiger partial charge >= 0.3 is 0 Å². The number of hydrogen-bond donors (Lipinski definition) is 1. The Kier molecular flexibility index (Phi) is 4.16. The average molecular weight is 228 g/mol. The summed E-state index contributed by atoms with van der Waals surface area (Å²) in [6, 6.07) is 4.05. The zero-order chi connectivity index (χ0) is 11.9. The second-order valence-electron chi connectivity index (χ2n) is 3.80. The fraction of sp³-hybridized carbons (Fsp3) is 0.308. The Morgan fingerprint density at radius 2 is 2.06 bits per heavy atom. The lowest BCUT2D eigenvalue weighted by atomic mass is 10.1. The lowest BCUT2D eigenvalue weighted by Gasteiger charge is -2.17. The summed E-state index contributed by atoms with van der Waals surface area (Å²) in [7, 11) is 0. The molecule has 0 spiro atoms. The van der Waals surface area contributed by atoms with Crippen LogP contribution < -0.4 is 5.32 Å². The molecule has 2 aromatic rings. The van der Waals surface area contributed by atoms with E-state index in [0.717, 1.165) is 24.2 Å². The van der Waals surface area contributed by atoms with Crippen LogP contribution in [-0.4, -0.2) is 21.5 Å². The van der Waals surface area contributed by atoms with Crippen LogP contribution in [0.15, 0.2) is 43.1 Å². The smallest absolute Gasteiger partial charge is 0.0802 e. The molecule has 0 bridgehead atoms. The lowest BCUT2D eigenvalue weighted by molar-refractivity contribution is 0.583. The second-order valence-corrected chi connectivity index (χ2v) is 3.80. The molecule has 0 saturated carbocycles. The standard InChI is InChI=1S/C13H16N4/c1-2-5-17-13(11-4-3-6-14-9-11)12-10-15-7-8-16-12/h3-4,6-10,13,17H,2,5H2,1H3. The molecule has 2 rings (SSSR count). The van der Waals surface area contributed by atoms with Crippen LogP contribution in [0.4, 0.5) is 0 Å². The van der Waals surface area contributed by atoms with Gasteiger partial charge in [0.25, 0.3) is 0 Å². The van der Waals surface area contributed by atoms with Crippen molar-refractivity contribution in [3.63, 3.8) is 0 Å². The van der Waals surface area contributed by atoms with Gasteiger partial charge < -0.3 is 5.32 Å². The van der Waals surface area contributed by atoms with Gasteiger partial charge in [-0.2, -0.15) is 0 Å². The number of rotatable bonds is 5. The van der Waals surface area contributed by atoms with Crippen LogP contribution in [0.2, 0.25) is 0 Å². The molecule has 0 fully saturated rings. The predicted molar refractivity (Wildman–Crippen MR) is 66.4 cm³/mol. The molecule has 1 unspecified atom stereocenters. The van der Waals surface area contributed by atoms with Gasteiger partial charge in [-0.05, 0) is 24.6 Å². The molecule has 0 amide bonds. The maximum absolute atomic E-state index is 4.36. The van der Waals surface area contributed by atoms with E-state index in [-0.39, 0.29) is 6.04 Å². The number of nitrogens with one attached hydrogen (secondary N) is 1. The highest BCUT2D eigenvalue weighted by molar-refractivity contribution is 5.23. The first-order valence-electron chi connectivity index (χ1n) is 5.81. The van der Waals surface area contributed by atoms with Crippen LogP contribution in [0, 0.1) is 0 Å². The van der Waals surface area contributed by atoms with E-state index in [4.69, 9.17) is 0 Å². The molecule has 0 radical (unpaired) electrons. The molecule has 0 aromatic carbocycles. The van der Waals surface area contributed by atoms with E-state index in [2.05, 4.69) is 33.3 Å². The molecule has 0 aliphatic heterocycles. The van der Waals surface area contributed by atoms with Crippen molar-refractivity contribution in [1.29, 1.82) is 0 Å². The molecule has 1 N–H and O–H groups in total. The summed E-state index contributed by atoms with van der Waals surface area (Å²) in [5.41, 5.74) is 2.04. The van der Waals surface area contributed by atoms with Crippen LogP contribution in [0.25, 0.3) is 0 Å². The van der Waals surface area contributed by atoms with E-state index in [1.165, 1.54) is 0 Å². The third-order valence-corrected chi connectivity index (χ3v) is 2.50. The highest BCUT2D eigenvalue weighted by atomic mass is 14.9. The van der Waals surface area contributed by atoms with E-state index in [9.17, 15) is 0 Å². The summed E-state index contributed by atoms with van der Waals surface area (Å²) >= 11 is 0. The average Bonchev–Trinajstić information content (AvgIpc) is 2.42. The fourth-order valence-corrected chi connectivity index (χ4v) is 1.69. The summed E-state index contributed by atoms with van der Waals surface area (Å²) in [5.74, 6) is 0. The Morgan fingerprint density at radius 1 is 1.18 bits per heavy atom. The van der Waals surface area contributed by atoms with Crippen molar-refractivity contribution < 1.29 is 0 Å². The molecule has 2 heterocycles. The van der Waals surface area contributed by atoms with Crippen molar-refractivity contribution in [3.05, 3.63) is 54.4 Å². The van der Waals surface area contributed by atoms with Gasteiger partial charge in [-0.1, -0.05) is 13.0 Å². The van der Waals surface area contributed by atoms with Gasteiger partial charge in [0.15, 0.2) is 0 Å². The SMILES string of the molecule is CCCNC(c1cccnc1)c1cnccn1. The molecule has 0 aliphatic carbocycles. The van der Waals surface area contributed by atoms with Crippen LogP contribution in [0.1, 0.15) is 30.6 Å². The largest absolute Gasteiger partial charge is 0.305 e. The van der Waals surface area contributed by atoms with Gasteiger partial charge in [-0.3, -0.25) is 15.0 Å². The first kappa shape index (κ1) is 11.7. The van der Waals surface area contributed by atoms with E-state index < -0.39 is 0 Å². The number of nitrogens with zero attached hydrogens (tertiary/aromatic N) is 3. The maximum atomic E-state index is 4.36. The molecule has 1 atom stereocenters. The van der Waals surface area contributed by atoms with Gasteiger partial charge in [-0.25, -0.2) is 0 Å². The molecule has 4 heteroatoms. The minimum atomic E-state index is 0.0670. The number of hydrogen-bond acceptors (Lipinski definition) is 4. The molecular formula is C13H16N4. The molecule has 0 saturated heterocycles. The minimum absolute atomic E-state index is 0.0670. The molecule has 2 aromatic heterocycles. The zero-order valence-corrected chi connectivity index (χ0v) is 9.87. The molecule has 0 aliphatic rings. The second kappa shape index (κ2) is 6.06. The number of pyridine rings is 1. The predicted octanol–water partition coefficient (Wildman–Crippen LogP) is 1.96. The zero-order valence-electron chi connectivity index (χ0n) is 9.87. The van der Waals surface area contributed by atoms with Crippen LogP contribution in [0.5, 0.6) is 0 Å². The Morgan fingerprint density at radius 3 is 2.71 bits per heavy atom. The Labute approximate surface area is 101 Å². The topological polar surface area (TPSA) is 50.7 Å². The third-order valence-electron chi connectivity index (χ3n) is 2.50.